The van der Waals surface area contributed by atoms with Crippen LogP contribution in [0.5, 0.6) is 0 Å². The molecule has 426 valence electrons. The first-order valence-electron chi connectivity index (χ1n) is 28.0. The number of hydrogen-bond donors (Lipinski definition) is 1. The van der Waals surface area contributed by atoms with E-state index >= 15 is 0 Å². The number of ether oxygens (including phenoxy) is 6. The van der Waals surface area contributed by atoms with Gasteiger partial charge in [-0.25, -0.2) is 19.2 Å². The Morgan fingerprint density at radius 3 is 1.58 bits per heavy atom. The smallest absolute Gasteiger partial charge is 0.347 e. The van der Waals surface area contributed by atoms with Crippen molar-refractivity contribution in [2.24, 2.45) is 17.8 Å². The van der Waals surface area contributed by atoms with E-state index in [1.807, 2.05) is 48.5 Å². The highest BCUT2D eigenvalue weighted by Gasteiger charge is 2.44. The Labute approximate surface area is 463 Å². The largest absolute Gasteiger partial charge is 0.458 e. The Morgan fingerprint density at radius 1 is 0.570 bits per heavy atom. The molecule has 1 N–H and O–H groups in total. The zero-order chi connectivity index (χ0) is 56.2. The van der Waals surface area contributed by atoms with Crippen LogP contribution in [0, 0.1) is 17.8 Å². The molecule has 19 heteroatoms. The molecule has 4 aliphatic carbocycles. The van der Waals surface area contributed by atoms with E-state index in [4.69, 9.17) is 28.4 Å². The maximum Gasteiger partial charge on any atom is 0.347 e. The maximum atomic E-state index is 14.9. The number of carbonyl (C=O) groups is 7. The summed E-state index contributed by atoms with van der Waals surface area (Å²) in [6.07, 6.45) is 3.63. The summed E-state index contributed by atoms with van der Waals surface area (Å²) in [6, 6.07) is 13.2. The summed E-state index contributed by atoms with van der Waals surface area (Å²) in [5.74, 6) is -4.95. The third-order valence-corrected chi connectivity index (χ3v) is 15.6. The standard InChI is InChI=1S/C60H77N5O14/c1-39(77-58(71)49(33-41-11-12-41)62(4)55(68)52(66)36-44-17-21-47(22-18-44)64-25-29-74-30-26-64)54(67)61(3)51(35-43-15-16-43)60(73)79-53(37-45-19-23-48(24-20-45)65-27-31-75-32-28-65)56(69)63(5)50(34-42-13-14-42)59(72)78-40(2)57(70)76-38-46-9-7-6-8-10-46/h6-10,17,19-21,23-24,39-43,49-53,66H,11-16,25-38H2,1-5H3/t39-,40-,49+,50+,51+,52-,53-/m1/s1. The van der Waals surface area contributed by atoms with Gasteiger partial charge in [0.05, 0.1) is 32.1 Å². The molecule has 6 aliphatic rings. The average molecular weight is 1090 g/mol. The van der Waals surface area contributed by atoms with Gasteiger partial charge in [-0.15, -0.1) is 0 Å². The lowest BCUT2D eigenvalue weighted by Crippen LogP contribution is -2.53. The molecule has 2 saturated heterocycles. The van der Waals surface area contributed by atoms with Gasteiger partial charge >= 0.3 is 23.9 Å². The second-order valence-corrected chi connectivity index (χ2v) is 21.9. The fourth-order valence-electron chi connectivity index (χ4n) is 9.99. The van der Waals surface area contributed by atoms with Gasteiger partial charge < -0.3 is 58.0 Å². The van der Waals surface area contributed by atoms with Gasteiger partial charge in [-0.2, -0.15) is 0 Å². The van der Waals surface area contributed by atoms with Gasteiger partial charge in [-0.05, 0) is 92.0 Å². The van der Waals surface area contributed by atoms with E-state index in [-0.39, 0.29) is 56.5 Å². The minimum atomic E-state index is -1.49. The highest BCUT2D eigenvalue weighted by Crippen LogP contribution is 2.38. The quantitative estimate of drug-likeness (QED) is 0.0731. The molecule has 19 nitrogen and oxygen atoms in total. The number of allylic oxidation sites excluding steroid dienone is 2. The predicted octanol–water partition coefficient (Wildman–Crippen LogP) is 4.68. The molecule has 5 fully saturated rings. The summed E-state index contributed by atoms with van der Waals surface area (Å²) in [5.41, 5.74) is 9.96. The zero-order valence-corrected chi connectivity index (χ0v) is 46.3. The van der Waals surface area contributed by atoms with Crippen molar-refractivity contribution < 1.29 is 67.1 Å². The van der Waals surface area contributed by atoms with Gasteiger partial charge in [0.2, 0.25) is 0 Å². The van der Waals surface area contributed by atoms with Gasteiger partial charge in [-0.1, -0.05) is 86.7 Å². The molecule has 79 heavy (non-hydrogen) atoms. The van der Waals surface area contributed by atoms with Crippen molar-refractivity contribution in [3.05, 3.63) is 101 Å². The summed E-state index contributed by atoms with van der Waals surface area (Å²) < 4.78 is 34.1. The van der Waals surface area contributed by atoms with Gasteiger partial charge in [0.1, 0.15) is 30.8 Å². The van der Waals surface area contributed by atoms with Crippen molar-refractivity contribution in [1.29, 1.82) is 0 Å². The number of amides is 3. The van der Waals surface area contributed by atoms with E-state index < -0.39 is 84.1 Å². The number of aliphatic hydroxyl groups excluding tert-OH is 1. The molecule has 0 unspecified atom stereocenters. The summed E-state index contributed by atoms with van der Waals surface area (Å²) >= 11 is 0. The highest BCUT2D eigenvalue weighted by atomic mass is 16.6. The summed E-state index contributed by atoms with van der Waals surface area (Å²) in [7, 11) is 4.32. The predicted molar refractivity (Wildman–Crippen MR) is 288 cm³/mol. The Hall–Kier alpha value is -6.75. The van der Waals surface area contributed by atoms with Crippen molar-refractivity contribution in [2.45, 2.75) is 134 Å². The minimum absolute atomic E-state index is 0.0169. The molecular weight excluding hydrogens is 1010 g/mol. The van der Waals surface area contributed by atoms with Crippen LogP contribution < -0.4 is 4.90 Å². The third kappa shape index (κ3) is 16.7. The average Bonchev–Trinajstić information content (AvgIpc) is 4.33. The Bertz CT molecular complexity index is 2620. The van der Waals surface area contributed by atoms with Gasteiger partial charge in [0.25, 0.3) is 17.7 Å². The van der Waals surface area contributed by atoms with Crippen molar-refractivity contribution in [1.82, 2.24) is 19.6 Å². The van der Waals surface area contributed by atoms with Crippen molar-refractivity contribution >= 4 is 47.3 Å². The van der Waals surface area contributed by atoms with Crippen LogP contribution in [0.3, 0.4) is 0 Å². The lowest BCUT2D eigenvalue weighted by atomic mass is 10.0. The van der Waals surface area contributed by atoms with E-state index in [1.54, 1.807) is 18.2 Å². The number of morpholine rings is 2. The molecule has 2 aromatic rings. The van der Waals surface area contributed by atoms with Crippen LogP contribution in [0.15, 0.2) is 89.5 Å². The number of likely N-dealkylation sites (N-methyl/N-ethyl adjacent to an activating group) is 3. The lowest BCUT2D eigenvalue weighted by molar-refractivity contribution is -0.175. The SMILES string of the molecule is C[C@@H](OC(=O)[C@H](CC1CC1)N(C)C(=O)[C@@H](Cc1ccc(N2CCOCC2)cc1)OC(=O)[C@H](CC1CC1)N(C)C(=O)[C@@H](C)OC(=O)[C@H](CC1CC1)N(C)C(=O)[C@H](O)CC1=C=C=C(N2CCOCC2)C=C1)C(=O)OCc1ccccc1. The molecule has 3 saturated carbocycles. The first-order chi connectivity index (χ1) is 38.0. The Kier molecular flexibility index (Phi) is 20.3. The molecule has 8 rings (SSSR count). The molecule has 3 amide bonds. The van der Waals surface area contributed by atoms with Gasteiger partial charge in [-0.3, -0.25) is 14.4 Å². The van der Waals surface area contributed by atoms with Crippen molar-refractivity contribution in [2.75, 3.05) is 78.6 Å². The molecule has 0 aromatic heterocycles. The van der Waals surface area contributed by atoms with Crippen molar-refractivity contribution in [3.8, 4) is 0 Å². The van der Waals surface area contributed by atoms with Gasteiger partial charge in [0, 0.05) is 71.4 Å². The van der Waals surface area contributed by atoms with Crippen molar-refractivity contribution in [3.63, 3.8) is 0 Å². The molecular formula is C60H77N5O14. The van der Waals surface area contributed by atoms with Crippen LogP contribution in [-0.4, -0.2) is 183 Å². The number of benzene rings is 2. The van der Waals surface area contributed by atoms with E-state index in [0.717, 1.165) is 68.6 Å². The summed E-state index contributed by atoms with van der Waals surface area (Å²) in [4.78, 5) is 107. The minimum Gasteiger partial charge on any atom is -0.458 e. The van der Waals surface area contributed by atoms with Crippen LogP contribution in [-0.2, 0) is 75.0 Å². The molecule has 0 radical (unpaired) electrons. The lowest BCUT2D eigenvalue weighted by Gasteiger charge is -2.33. The molecule has 2 aliphatic heterocycles. The zero-order valence-electron chi connectivity index (χ0n) is 46.3. The number of anilines is 1. The Morgan fingerprint density at radius 2 is 1.06 bits per heavy atom. The van der Waals surface area contributed by atoms with Crippen LogP contribution in [0.2, 0.25) is 0 Å². The fraction of sp³-hybridized carbons (Fsp3) is 0.583. The third-order valence-electron chi connectivity index (χ3n) is 15.6. The van der Waals surface area contributed by atoms with E-state index in [9.17, 15) is 38.7 Å². The summed E-state index contributed by atoms with van der Waals surface area (Å²) in [5, 5.41) is 11.2. The summed E-state index contributed by atoms with van der Waals surface area (Å²) in [6.45, 7) is 8.07. The van der Waals surface area contributed by atoms with E-state index in [0.29, 0.717) is 50.7 Å². The monoisotopic (exact) mass is 1090 g/mol. The number of carbonyl (C=O) groups excluding carboxylic acids is 7. The molecule has 7 atom stereocenters. The molecule has 0 bridgehead atoms. The van der Waals surface area contributed by atoms with Crippen LogP contribution in [0.25, 0.3) is 0 Å². The second kappa shape index (κ2) is 27.4. The van der Waals surface area contributed by atoms with E-state index in [2.05, 4.69) is 21.3 Å². The normalized spacial score (nSPS) is 19.7. The first-order valence-corrected chi connectivity index (χ1v) is 28.0. The van der Waals surface area contributed by atoms with E-state index in [1.165, 1.54) is 49.7 Å². The first kappa shape index (κ1) is 58.4. The molecule has 0 spiro atoms. The number of esters is 4. The van der Waals surface area contributed by atoms with Gasteiger partial charge in [0.15, 0.2) is 18.3 Å². The number of nitrogens with zero attached hydrogens (tertiary/aromatic N) is 5. The maximum absolute atomic E-state index is 14.9. The fourth-order valence-corrected chi connectivity index (χ4v) is 9.99. The van der Waals surface area contributed by atoms with Crippen LogP contribution in [0.4, 0.5) is 5.69 Å². The number of rotatable bonds is 27. The number of aliphatic hydroxyl groups is 1. The topological polar surface area (TPSA) is 211 Å². The van der Waals surface area contributed by atoms with Crippen LogP contribution in [0.1, 0.15) is 89.2 Å². The Balaban J connectivity index is 0.949. The molecule has 2 aromatic carbocycles. The molecule has 2 heterocycles. The highest BCUT2D eigenvalue weighted by molar-refractivity contribution is 5.93. The second-order valence-electron chi connectivity index (χ2n) is 21.9. The number of hydrogen-bond acceptors (Lipinski definition) is 16. The van der Waals surface area contributed by atoms with Crippen LogP contribution >= 0.6 is 0 Å².